The van der Waals surface area contributed by atoms with Crippen molar-refractivity contribution in [2.24, 2.45) is 0 Å². The van der Waals surface area contributed by atoms with E-state index in [-0.39, 0.29) is 12.3 Å². The zero-order chi connectivity index (χ0) is 22.6. The van der Waals surface area contributed by atoms with Crippen molar-refractivity contribution in [2.45, 2.75) is 45.1 Å². The monoisotopic (exact) mass is 463 g/mol. The van der Waals surface area contributed by atoms with E-state index in [1.165, 1.54) is 6.42 Å². The Labute approximate surface area is 195 Å². The Morgan fingerprint density at radius 3 is 3.00 bits per heavy atom. The van der Waals surface area contributed by atoms with Crippen LogP contribution in [0.25, 0.3) is 22.8 Å². The van der Waals surface area contributed by atoms with E-state index in [1.54, 1.807) is 30.6 Å². The summed E-state index contributed by atoms with van der Waals surface area (Å²) in [4.78, 5) is 20.9. The lowest BCUT2D eigenvalue weighted by atomic mass is 10.1. The summed E-state index contributed by atoms with van der Waals surface area (Å²) in [7, 11) is 0. The normalized spacial score (nSPS) is 13.4. The number of rotatable bonds is 6. The molecule has 5 rings (SSSR count). The van der Waals surface area contributed by atoms with Gasteiger partial charge in [0.25, 0.3) is 0 Å². The maximum atomic E-state index is 12.5. The minimum atomic E-state index is -0.163. The maximum Gasteiger partial charge on any atom is 0.227 e. The average Bonchev–Trinajstić information content (AvgIpc) is 3.41. The van der Waals surface area contributed by atoms with Crippen molar-refractivity contribution in [1.82, 2.24) is 29.9 Å². The number of nitrogens with one attached hydrogen (secondary N) is 1. The molecule has 1 aliphatic rings. The number of nitrogens with zero attached hydrogens (tertiary/aromatic N) is 6. The number of benzene rings is 1. The molecule has 0 fully saturated rings. The molecule has 1 aromatic carbocycles. The fraction of sp³-hybridized carbons (Fsp3) is 0.304. The van der Waals surface area contributed by atoms with Crippen molar-refractivity contribution in [3.05, 3.63) is 59.5 Å². The first kappa shape index (κ1) is 21.3. The summed E-state index contributed by atoms with van der Waals surface area (Å²) in [5.74, 6) is 2.41. The SMILES string of the molecule is O=C(CCc1nc(-c2cccnc2)no1)Nc1ccc(Cl)c(-c2nnc3n2CCCCC3)c1. The molecule has 168 valence electrons. The second-order valence-electron chi connectivity index (χ2n) is 7.90. The number of aryl methyl sites for hydroxylation is 2. The number of amides is 1. The van der Waals surface area contributed by atoms with E-state index in [9.17, 15) is 4.79 Å². The molecule has 3 aromatic heterocycles. The Kier molecular flexibility index (Phi) is 6.12. The Morgan fingerprint density at radius 2 is 2.12 bits per heavy atom. The van der Waals surface area contributed by atoms with Gasteiger partial charge >= 0.3 is 0 Å². The third kappa shape index (κ3) is 4.78. The lowest BCUT2D eigenvalue weighted by Crippen LogP contribution is -2.12. The topological polar surface area (TPSA) is 112 Å². The number of hydrogen-bond donors (Lipinski definition) is 1. The van der Waals surface area contributed by atoms with Crippen molar-refractivity contribution in [3.8, 4) is 22.8 Å². The van der Waals surface area contributed by atoms with Crippen LogP contribution in [0.3, 0.4) is 0 Å². The highest BCUT2D eigenvalue weighted by Crippen LogP contribution is 2.31. The summed E-state index contributed by atoms with van der Waals surface area (Å²) in [6.07, 6.45) is 8.17. The lowest BCUT2D eigenvalue weighted by Gasteiger charge is -2.11. The van der Waals surface area contributed by atoms with Crippen LogP contribution in [-0.4, -0.2) is 35.8 Å². The smallest absolute Gasteiger partial charge is 0.227 e. The summed E-state index contributed by atoms with van der Waals surface area (Å²) < 4.78 is 7.40. The number of hydrogen-bond acceptors (Lipinski definition) is 7. The van der Waals surface area contributed by atoms with Gasteiger partial charge in [-0.2, -0.15) is 4.98 Å². The van der Waals surface area contributed by atoms with E-state index in [0.717, 1.165) is 48.6 Å². The second kappa shape index (κ2) is 9.50. The molecule has 0 radical (unpaired) electrons. The van der Waals surface area contributed by atoms with Gasteiger partial charge in [0.1, 0.15) is 5.82 Å². The summed E-state index contributed by atoms with van der Waals surface area (Å²) in [6.45, 7) is 0.871. The van der Waals surface area contributed by atoms with Gasteiger partial charge in [-0.25, -0.2) is 0 Å². The molecule has 0 saturated carbocycles. The number of carbonyl (C=O) groups is 1. The molecule has 10 heteroatoms. The second-order valence-corrected chi connectivity index (χ2v) is 8.31. The largest absolute Gasteiger partial charge is 0.339 e. The Hall–Kier alpha value is -3.59. The number of halogens is 1. The molecule has 0 aliphatic carbocycles. The lowest BCUT2D eigenvalue weighted by molar-refractivity contribution is -0.116. The van der Waals surface area contributed by atoms with Crippen LogP contribution in [0, 0.1) is 0 Å². The summed E-state index contributed by atoms with van der Waals surface area (Å²) in [5.41, 5.74) is 2.16. The minimum absolute atomic E-state index is 0.163. The van der Waals surface area contributed by atoms with Gasteiger partial charge in [-0.05, 0) is 43.2 Å². The molecular weight excluding hydrogens is 442 g/mol. The molecule has 1 N–H and O–H groups in total. The van der Waals surface area contributed by atoms with Gasteiger partial charge in [0, 0.05) is 55.0 Å². The third-order valence-corrected chi connectivity index (χ3v) is 5.88. The molecule has 1 amide bonds. The first-order valence-corrected chi connectivity index (χ1v) is 11.3. The molecule has 0 saturated heterocycles. The standard InChI is InChI=1S/C23H22ClN7O2/c24-18-8-7-16(13-17(18)23-29-28-19-6-2-1-3-12-31(19)23)26-20(32)9-10-21-27-22(30-33-21)15-5-4-11-25-14-15/h4-5,7-8,11,13-14H,1-3,6,9-10,12H2,(H,26,32). The van der Waals surface area contributed by atoms with E-state index >= 15 is 0 Å². The highest BCUT2D eigenvalue weighted by atomic mass is 35.5. The zero-order valence-corrected chi connectivity index (χ0v) is 18.6. The van der Waals surface area contributed by atoms with E-state index in [2.05, 4.69) is 35.2 Å². The van der Waals surface area contributed by atoms with Gasteiger partial charge in [-0.1, -0.05) is 23.2 Å². The molecule has 0 atom stereocenters. The minimum Gasteiger partial charge on any atom is -0.339 e. The molecule has 0 bridgehead atoms. The van der Waals surface area contributed by atoms with E-state index in [4.69, 9.17) is 16.1 Å². The average molecular weight is 464 g/mol. The van der Waals surface area contributed by atoms with Crippen LogP contribution >= 0.6 is 11.6 Å². The van der Waals surface area contributed by atoms with Gasteiger partial charge in [-0.3, -0.25) is 9.78 Å². The first-order valence-electron chi connectivity index (χ1n) is 10.9. The van der Waals surface area contributed by atoms with E-state index < -0.39 is 0 Å². The van der Waals surface area contributed by atoms with Crippen LogP contribution in [0.4, 0.5) is 5.69 Å². The molecular formula is C23H22ClN7O2. The first-order chi connectivity index (χ1) is 16.2. The van der Waals surface area contributed by atoms with Crippen LogP contribution < -0.4 is 5.32 Å². The molecule has 9 nitrogen and oxygen atoms in total. The van der Waals surface area contributed by atoms with Gasteiger partial charge in [-0.15, -0.1) is 10.2 Å². The van der Waals surface area contributed by atoms with E-state index in [0.29, 0.717) is 28.8 Å². The van der Waals surface area contributed by atoms with Gasteiger partial charge in [0.2, 0.25) is 17.6 Å². The number of fused-ring (bicyclic) bond motifs is 1. The van der Waals surface area contributed by atoms with Crippen molar-refractivity contribution in [1.29, 1.82) is 0 Å². The van der Waals surface area contributed by atoms with Crippen molar-refractivity contribution >= 4 is 23.2 Å². The highest BCUT2D eigenvalue weighted by Gasteiger charge is 2.19. The molecule has 0 unspecified atom stereocenters. The van der Waals surface area contributed by atoms with Crippen molar-refractivity contribution in [2.75, 3.05) is 5.32 Å². The number of anilines is 1. The fourth-order valence-corrected chi connectivity index (χ4v) is 4.07. The van der Waals surface area contributed by atoms with Gasteiger partial charge in [0.05, 0.1) is 5.02 Å². The van der Waals surface area contributed by atoms with Crippen molar-refractivity contribution < 1.29 is 9.32 Å². The molecule has 1 aliphatic heterocycles. The van der Waals surface area contributed by atoms with Crippen LogP contribution in [0.5, 0.6) is 0 Å². The Bertz CT molecular complexity index is 1270. The fourth-order valence-electron chi connectivity index (χ4n) is 3.87. The number of carbonyl (C=O) groups excluding carboxylic acids is 1. The van der Waals surface area contributed by atoms with Gasteiger partial charge in [0.15, 0.2) is 5.82 Å². The summed E-state index contributed by atoms with van der Waals surface area (Å²) in [5, 5.41) is 16.2. The van der Waals surface area contributed by atoms with Crippen LogP contribution in [0.1, 0.15) is 37.4 Å². The number of pyridine rings is 1. The Morgan fingerprint density at radius 1 is 1.18 bits per heavy atom. The molecule has 4 aromatic rings. The van der Waals surface area contributed by atoms with Crippen molar-refractivity contribution in [3.63, 3.8) is 0 Å². The zero-order valence-electron chi connectivity index (χ0n) is 17.9. The highest BCUT2D eigenvalue weighted by molar-refractivity contribution is 6.33. The van der Waals surface area contributed by atoms with Gasteiger partial charge < -0.3 is 14.4 Å². The summed E-state index contributed by atoms with van der Waals surface area (Å²) >= 11 is 6.48. The Balaban J connectivity index is 1.25. The predicted octanol–water partition coefficient (Wildman–Crippen LogP) is 4.34. The molecule has 33 heavy (non-hydrogen) atoms. The maximum absolute atomic E-state index is 12.5. The quantitative estimate of drug-likeness (QED) is 0.452. The van der Waals surface area contributed by atoms with Crippen LogP contribution in [0.2, 0.25) is 5.02 Å². The van der Waals surface area contributed by atoms with Crippen LogP contribution in [-0.2, 0) is 24.2 Å². The predicted molar refractivity (Wildman–Crippen MR) is 123 cm³/mol. The third-order valence-electron chi connectivity index (χ3n) is 5.55. The van der Waals surface area contributed by atoms with E-state index in [1.807, 2.05) is 12.1 Å². The molecule has 0 spiro atoms. The number of aromatic nitrogens is 6. The van der Waals surface area contributed by atoms with Crippen LogP contribution in [0.15, 0.2) is 47.2 Å². The molecule has 4 heterocycles. The summed E-state index contributed by atoms with van der Waals surface area (Å²) in [6, 6.07) is 9.03.